The van der Waals surface area contributed by atoms with Crippen molar-refractivity contribution in [2.75, 3.05) is 0 Å². The van der Waals surface area contributed by atoms with Crippen molar-refractivity contribution >= 4 is 23.8 Å². The van der Waals surface area contributed by atoms with Crippen LogP contribution in [-0.2, 0) is 28.7 Å². The second kappa shape index (κ2) is 6.88. The van der Waals surface area contributed by atoms with Crippen molar-refractivity contribution in [3.05, 3.63) is 0 Å². The SMILES string of the molecule is CC(=O)OC(C(=O)O)C(OC(C)=O)C(=O)NC(C)(C)C. The minimum Gasteiger partial charge on any atom is -0.478 e. The Morgan fingerprint density at radius 3 is 1.65 bits per heavy atom. The molecule has 2 atom stereocenters. The van der Waals surface area contributed by atoms with Gasteiger partial charge < -0.3 is 19.9 Å². The first kappa shape index (κ1) is 17.9. The van der Waals surface area contributed by atoms with Gasteiger partial charge in [-0.15, -0.1) is 0 Å². The van der Waals surface area contributed by atoms with E-state index in [0.717, 1.165) is 13.8 Å². The number of amides is 1. The molecular weight excluding hydrogens is 270 g/mol. The number of carbonyl (C=O) groups excluding carboxylic acids is 3. The van der Waals surface area contributed by atoms with E-state index in [9.17, 15) is 19.2 Å². The zero-order valence-electron chi connectivity index (χ0n) is 12.1. The molecule has 2 unspecified atom stereocenters. The van der Waals surface area contributed by atoms with Crippen molar-refractivity contribution in [2.24, 2.45) is 0 Å². The molecule has 20 heavy (non-hydrogen) atoms. The van der Waals surface area contributed by atoms with Crippen LogP contribution in [0, 0.1) is 0 Å². The standard InChI is InChI=1S/C12H19NO7/c1-6(14)19-8(10(16)13-12(3,4)5)9(11(17)18)20-7(2)15/h8-9H,1-5H3,(H,13,16)(H,17,18). The molecule has 0 rings (SSSR count). The van der Waals surface area contributed by atoms with E-state index in [1.165, 1.54) is 0 Å². The van der Waals surface area contributed by atoms with Crippen LogP contribution in [0.3, 0.4) is 0 Å². The molecule has 8 nitrogen and oxygen atoms in total. The first-order valence-electron chi connectivity index (χ1n) is 5.83. The predicted molar refractivity (Wildman–Crippen MR) is 66.6 cm³/mol. The number of carboxylic acids is 1. The van der Waals surface area contributed by atoms with E-state index in [1.807, 2.05) is 0 Å². The van der Waals surface area contributed by atoms with E-state index in [2.05, 4.69) is 14.8 Å². The lowest BCUT2D eigenvalue weighted by Crippen LogP contribution is -2.54. The number of esters is 2. The summed E-state index contributed by atoms with van der Waals surface area (Å²) in [6, 6.07) is 0. The van der Waals surface area contributed by atoms with Crippen LogP contribution in [0.5, 0.6) is 0 Å². The highest BCUT2D eigenvalue weighted by Gasteiger charge is 2.40. The van der Waals surface area contributed by atoms with Crippen LogP contribution in [0.15, 0.2) is 0 Å². The van der Waals surface area contributed by atoms with Gasteiger partial charge in [0.15, 0.2) is 0 Å². The molecule has 0 aliphatic heterocycles. The van der Waals surface area contributed by atoms with Gasteiger partial charge in [-0.3, -0.25) is 14.4 Å². The molecule has 0 aromatic carbocycles. The van der Waals surface area contributed by atoms with Gasteiger partial charge in [-0.1, -0.05) is 0 Å². The van der Waals surface area contributed by atoms with Gasteiger partial charge in [0.25, 0.3) is 5.91 Å². The highest BCUT2D eigenvalue weighted by Crippen LogP contribution is 2.10. The number of hydrogen-bond donors (Lipinski definition) is 2. The normalized spacial score (nSPS) is 13.8. The highest BCUT2D eigenvalue weighted by molar-refractivity contribution is 5.91. The monoisotopic (exact) mass is 289 g/mol. The molecule has 8 heteroatoms. The van der Waals surface area contributed by atoms with E-state index in [0.29, 0.717) is 0 Å². The fraction of sp³-hybridized carbons (Fsp3) is 0.667. The molecule has 2 N–H and O–H groups in total. The molecule has 0 aromatic heterocycles. The molecule has 0 aliphatic rings. The zero-order chi connectivity index (χ0) is 16.1. The fourth-order valence-electron chi connectivity index (χ4n) is 1.29. The summed E-state index contributed by atoms with van der Waals surface area (Å²) in [7, 11) is 0. The number of aliphatic carboxylic acids is 1. The van der Waals surface area contributed by atoms with Gasteiger partial charge in [-0.05, 0) is 20.8 Å². The Morgan fingerprint density at radius 2 is 1.35 bits per heavy atom. The Kier molecular flexibility index (Phi) is 6.15. The number of rotatable bonds is 5. The Morgan fingerprint density at radius 1 is 0.950 bits per heavy atom. The van der Waals surface area contributed by atoms with Crippen molar-refractivity contribution in [3.8, 4) is 0 Å². The smallest absolute Gasteiger partial charge is 0.349 e. The first-order chi connectivity index (χ1) is 8.94. The molecule has 0 fully saturated rings. The number of ether oxygens (including phenoxy) is 2. The first-order valence-corrected chi connectivity index (χ1v) is 5.83. The van der Waals surface area contributed by atoms with Gasteiger partial charge in [0.1, 0.15) is 0 Å². The lowest BCUT2D eigenvalue weighted by Gasteiger charge is -2.27. The predicted octanol–water partition coefficient (Wildman–Crippen LogP) is -0.151. The third kappa shape index (κ3) is 6.72. The maximum atomic E-state index is 12.0. The minimum atomic E-state index is -1.90. The summed E-state index contributed by atoms with van der Waals surface area (Å²) >= 11 is 0. The van der Waals surface area contributed by atoms with Crippen molar-refractivity contribution in [1.82, 2.24) is 5.32 Å². The quantitative estimate of drug-likeness (QED) is 0.675. The summed E-state index contributed by atoms with van der Waals surface area (Å²) < 4.78 is 9.21. The maximum absolute atomic E-state index is 12.0. The molecule has 0 saturated carbocycles. The van der Waals surface area contributed by atoms with E-state index in [1.54, 1.807) is 20.8 Å². The lowest BCUT2D eigenvalue weighted by atomic mass is 10.1. The Hall–Kier alpha value is -2.12. The van der Waals surface area contributed by atoms with Gasteiger partial charge in [0.05, 0.1) is 0 Å². The Bertz CT molecular complexity index is 411. The minimum absolute atomic E-state index is 0.672. The van der Waals surface area contributed by atoms with Crippen LogP contribution in [0.25, 0.3) is 0 Å². The number of nitrogens with one attached hydrogen (secondary N) is 1. The van der Waals surface area contributed by atoms with Gasteiger partial charge in [0.2, 0.25) is 12.2 Å². The average molecular weight is 289 g/mol. The van der Waals surface area contributed by atoms with Gasteiger partial charge >= 0.3 is 17.9 Å². The highest BCUT2D eigenvalue weighted by atomic mass is 16.6. The molecule has 1 amide bonds. The molecule has 0 heterocycles. The summed E-state index contributed by atoms with van der Waals surface area (Å²) in [4.78, 5) is 45.0. The molecule has 0 saturated heterocycles. The van der Waals surface area contributed by atoms with Gasteiger partial charge in [-0.2, -0.15) is 0 Å². The summed E-state index contributed by atoms with van der Waals surface area (Å²) in [6.07, 6.45) is -3.66. The maximum Gasteiger partial charge on any atom is 0.349 e. The topological polar surface area (TPSA) is 119 Å². The van der Waals surface area contributed by atoms with Crippen LogP contribution in [0.2, 0.25) is 0 Å². The molecule has 0 radical (unpaired) electrons. The van der Waals surface area contributed by atoms with Crippen LogP contribution in [0.4, 0.5) is 0 Å². The van der Waals surface area contributed by atoms with E-state index >= 15 is 0 Å². The third-order valence-corrected chi connectivity index (χ3v) is 1.86. The summed E-state index contributed by atoms with van der Waals surface area (Å²) in [5, 5.41) is 11.5. The summed E-state index contributed by atoms with van der Waals surface area (Å²) in [5.41, 5.74) is -0.672. The Balaban J connectivity index is 5.28. The van der Waals surface area contributed by atoms with Crippen LogP contribution in [-0.4, -0.2) is 46.7 Å². The summed E-state index contributed by atoms with van der Waals surface area (Å²) in [6.45, 7) is 7.00. The second-order valence-corrected chi connectivity index (χ2v) is 5.14. The second-order valence-electron chi connectivity index (χ2n) is 5.14. The lowest BCUT2D eigenvalue weighted by molar-refractivity contribution is -0.181. The number of hydrogen-bond acceptors (Lipinski definition) is 6. The van der Waals surface area contributed by atoms with Gasteiger partial charge in [0, 0.05) is 19.4 Å². The fourth-order valence-corrected chi connectivity index (χ4v) is 1.29. The van der Waals surface area contributed by atoms with Gasteiger partial charge in [-0.25, -0.2) is 4.79 Å². The van der Waals surface area contributed by atoms with Crippen LogP contribution >= 0.6 is 0 Å². The van der Waals surface area contributed by atoms with Crippen LogP contribution in [0.1, 0.15) is 34.6 Å². The molecule has 0 spiro atoms. The van der Waals surface area contributed by atoms with E-state index < -0.39 is 41.6 Å². The number of carbonyl (C=O) groups is 4. The van der Waals surface area contributed by atoms with E-state index in [4.69, 9.17) is 5.11 Å². The van der Waals surface area contributed by atoms with E-state index in [-0.39, 0.29) is 0 Å². The van der Waals surface area contributed by atoms with Crippen molar-refractivity contribution in [2.45, 2.75) is 52.4 Å². The van der Waals surface area contributed by atoms with Crippen molar-refractivity contribution < 1.29 is 33.8 Å². The van der Waals surface area contributed by atoms with Crippen LogP contribution < -0.4 is 5.32 Å². The molecular formula is C12H19NO7. The molecule has 114 valence electrons. The third-order valence-electron chi connectivity index (χ3n) is 1.86. The molecule has 0 aliphatic carbocycles. The largest absolute Gasteiger partial charge is 0.478 e. The molecule has 0 bridgehead atoms. The number of carboxylic acid groups (broad SMARTS) is 1. The average Bonchev–Trinajstić information content (AvgIpc) is 2.19. The Labute approximate surface area is 116 Å². The van der Waals surface area contributed by atoms with Crippen molar-refractivity contribution in [1.29, 1.82) is 0 Å². The zero-order valence-corrected chi connectivity index (χ0v) is 12.1. The van der Waals surface area contributed by atoms with Crippen molar-refractivity contribution in [3.63, 3.8) is 0 Å². The summed E-state index contributed by atoms with van der Waals surface area (Å²) in [5.74, 6) is -4.22. The molecule has 0 aromatic rings.